The molecule has 1 fully saturated rings. The monoisotopic (exact) mass is 474 g/mol. The predicted octanol–water partition coefficient (Wildman–Crippen LogP) is 4.95. The first-order valence-electron chi connectivity index (χ1n) is 12.4. The maximum Gasteiger partial charge on any atom is 0.263 e. The summed E-state index contributed by atoms with van der Waals surface area (Å²) < 4.78 is 23.1. The summed E-state index contributed by atoms with van der Waals surface area (Å²) in [7, 11) is 0. The zero-order valence-corrected chi connectivity index (χ0v) is 19.9. The van der Waals surface area contributed by atoms with E-state index in [1.54, 1.807) is 6.20 Å². The number of hydrogen-bond acceptors (Lipinski definition) is 7. The maximum absolute atomic E-state index is 10.7. The van der Waals surface area contributed by atoms with E-state index >= 15 is 0 Å². The zero-order chi connectivity index (χ0) is 23.8. The maximum atomic E-state index is 10.7. The molecule has 4 heterocycles. The molecule has 1 saturated heterocycles. The average molecular weight is 475 g/mol. The lowest BCUT2D eigenvalue weighted by molar-refractivity contribution is 0.0599. The molecule has 35 heavy (non-hydrogen) atoms. The number of likely N-dealkylation sites (tertiary alicyclic amines) is 1. The Bertz CT molecular complexity index is 1320. The second-order valence-corrected chi connectivity index (χ2v) is 9.56. The summed E-state index contributed by atoms with van der Waals surface area (Å²) in [5.74, 6) is 4.03. The van der Waals surface area contributed by atoms with E-state index in [0.717, 1.165) is 55.9 Å². The Morgan fingerprint density at radius 3 is 2.86 bits per heavy atom. The van der Waals surface area contributed by atoms with Crippen molar-refractivity contribution in [3.05, 3.63) is 65.5 Å². The summed E-state index contributed by atoms with van der Waals surface area (Å²) >= 11 is 0. The van der Waals surface area contributed by atoms with Gasteiger partial charge >= 0.3 is 0 Å². The van der Waals surface area contributed by atoms with Crippen molar-refractivity contribution >= 4 is 11.0 Å². The molecule has 2 aromatic heterocycles. The molecule has 0 amide bonds. The minimum absolute atomic E-state index is 0.225. The van der Waals surface area contributed by atoms with Gasteiger partial charge in [-0.05, 0) is 68.1 Å². The molecular weight excluding hydrogens is 444 g/mol. The van der Waals surface area contributed by atoms with Crippen LogP contribution in [-0.2, 0) is 6.42 Å². The van der Waals surface area contributed by atoms with Gasteiger partial charge in [-0.3, -0.25) is 0 Å². The highest BCUT2D eigenvalue weighted by molar-refractivity contribution is 5.87. The van der Waals surface area contributed by atoms with Gasteiger partial charge in [-0.25, -0.2) is 4.98 Å². The molecule has 0 radical (unpaired) electrons. The molecule has 0 spiro atoms. The van der Waals surface area contributed by atoms with Gasteiger partial charge in [0.25, 0.3) is 5.89 Å². The number of aryl methyl sites for hydroxylation is 1. The number of nitrogens with zero attached hydrogens (tertiary/aromatic N) is 2. The highest BCUT2D eigenvalue weighted by atomic mass is 16.5. The molecule has 0 bridgehead atoms. The van der Waals surface area contributed by atoms with Crippen molar-refractivity contribution in [1.82, 2.24) is 9.88 Å². The molecule has 0 aliphatic carbocycles. The van der Waals surface area contributed by atoms with E-state index in [0.29, 0.717) is 35.4 Å². The number of furan rings is 1. The molecule has 0 saturated carbocycles. The minimum atomic E-state index is -0.570. The predicted molar refractivity (Wildman–Crippen MR) is 132 cm³/mol. The second kappa shape index (κ2) is 9.40. The number of benzene rings is 2. The summed E-state index contributed by atoms with van der Waals surface area (Å²) in [6, 6.07) is 14.2. The molecule has 4 aromatic rings. The van der Waals surface area contributed by atoms with Crippen molar-refractivity contribution < 1.29 is 23.4 Å². The van der Waals surface area contributed by atoms with Crippen LogP contribution in [0.1, 0.15) is 35.6 Å². The van der Waals surface area contributed by atoms with Crippen molar-refractivity contribution in [2.75, 3.05) is 32.8 Å². The van der Waals surface area contributed by atoms with Gasteiger partial charge in [-0.15, -0.1) is 0 Å². The minimum Gasteiger partial charge on any atom is -0.493 e. The first-order valence-corrected chi connectivity index (χ1v) is 12.4. The molecule has 1 N–H and O–H groups in total. The van der Waals surface area contributed by atoms with Crippen LogP contribution in [0.2, 0.25) is 0 Å². The van der Waals surface area contributed by atoms with Crippen LogP contribution in [0.15, 0.2) is 57.5 Å². The molecule has 7 heteroatoms. The van der Waals surface area contributed by atoms with Crippen LogP contribution in [-0.4, -0.2) is 53.9 Å². The van der Waals surface area contributed by atoms with E-state index in [4.69, 9.17) is 18.3 Å². The lowest BCUT2D eigenvalue weighted by Gasteiger charge is -2.33. The van der Waals surface area contributed by atoms with Gasteiger partial charge in [0.1, 0.15) is 35.6 Å². The van der Waals surface area contributed by atoms with Gasteiger partial charge in [0.15, 0.2) is 5.76 Å². The van der Waals surface area contributed by atoms with E-state index in [-0.39, 0.29) is 6.61 Å². The Hall–Kier alpha value is -3.29. The van der Waals surface area contributed by atoms with Crippen LogP contribution in [0, 0.1) is 6.92 Å². The molecule has 2 aliphatic heterocycles. The second-order valence-electron chi connectivity index (χ2n) is 9.56. The van der Waals surface area contributed by atoms with E-state index in [1.165, 1.54) is 11.1 Å². The van der Waals surface area contributed by atoms with Crippen molar-refractivity contribution in [2.45, 2.75) is 38.2 Å². The molecule has 1 unspecified atom stereocenters. The quantitative estimate of drug-likeness (QED) is 0.406. The van der Waals surface area contributed by atoms with Gasteiger partial charge in [0.05, 0.1) is 18.2 Å². The molecule has 1 atom stereocenters. The van der Waals surface area contributed by atoms with E-state index in [1.807, 2.05) is 31.2 Å². The Morgan fingerprint density at radius 1 is 1.14 bits per heavy atom. The number of hydrogen-bond donors (Lipinski definition) is 1. The van der Waals surface area contributed by atoms with Crippen molar-refractivity contribution in [1.29, 1.82) is 0 Å². The lowest BCUT2D eigenvalue weighted by Crippen LogP contribution is -2.40. The highest BCUT2D eigenvalue weighted by Crippen LogP contribution is 2.35. The average Bonchev–Trinajstić information content (AvgIpc) is 3.62. The Morgan fingerprint density at radius 2 is 2.03 bits per heavy atom. The van der Waals surface area contributed by atoms with E-state index in [2.05, 4.69) is 28.1 Å². The molecular formula is C28H30N2O5. The fourth-order valence-electron chi connectivity index (χ4n) is 5.18. The van der Waals surface area contributed by atoms with Gasteiger partial charge < -0.3 is 28.3 Å². The van der Waals surface area contributed by atoms with Gasteiger partial charge in [-0.2, -0.15) is 0 Å². The van der Waals surface area contributed by atoms with Crippen molar-refractivity contribution in [3.8, 4) is 23.1 Å². The van der Waals surface area contributed by atoms with Gasteiger partial charge in [-0.1, -0.05) is 18.2 Å². The molecule has 7 nitrogen and oxygen atoms in total. The van der Waals surface area contributed by atoms with Crippen molar-refractivity contribution in [3.63, 3.8) is 0 Å². The number of fused-ring (bicyclic) bond motifs is 2. The summed E-state index contributed by atoms with van der Waals surface area (Å²) in [6.07, 6.45) is 4.32. The number of aliphatic hydroxyl groups is 1. The number of oxazole rings is 1. The van der Waals surface area contributed by atoms with E-state index in [9.17, 15) is 5.11 Å². The van der Waals surface area contributed by atoms with Crippen molar-refractivity contribution in [2.24, 2.45) is 0 Å². The number of piperidine rings is 1. The zero-order valence-electron chi connectivity index (χ0n) is 19.9. The van der Waals surface area contributed by atoms with Gasteiger partial charge in [0, 0.05) is 19.0 Å². The van der Waals surface area contributed by atoms with Crippen LogP contribution >= 0.6 is 0 Å². The fraction of sp³-hybridized carbons (Fsp3) is 0.393. The topological polar surface area (TPSA) is 81.1 Å². The smallest absolute Gasteiger partial charge is 0.263 e. The molecule has 182 valence electrons. The third-order valence-electron chi connectivity index (χ3n) is 7.03. The SMILES string of the molecule is Cc1cnc(-c2cc3c(OCC(O)CN4CCC(c5ccc6c(c5)CCO6)CC4)cccc3o2)o1. The Kier molecular flexibility index (Phi) is 5.96. The molecule has 6 rings (SSSR count). The van der Waals surface area contributed by atoms with Crippen LogP contribution in [0.3, 0.4) is 0 Å². The number of aliphatic hydroxyl groups excluding tert-OH is 1. The first-order chi connectivity index (χ1) is 17.1. The van der Waals surface area contributed by atoms with Crippen LogP contribution in [0.5, 0.6) is 11.5 Å². The van der Waals surface area contributed by atoms with Crippen LogP contribution in [0.25, 0.3) is 22.6 Å². The third-order valence-corrected chi connectivity index (χ3v) is 7.03. The number of ether oxygens (including phenoxy) is 2. The number of aromatic nitrogens is 1. The number of rotatable bonds is 7. The van der Waals surface area contributed by atoms with E-state index < -0.39 is 6.10 Å². The normalized spacial score (nSPS) is 17.4. The fourth-order valence-corrected chi connectivity index (χ4v) is 5.18. The lowest BCUT2D eigenvalue weighted by atomic mass is 9.88. The van der Waals surface area contributed by atoms with Gasteiger partial charge in [0.2, 0.25) is 0 Å². The van der Waals surface area contributed by atoms with Crippen LogP contribution in [0.4, 0.5) is 0 Å². The summed E-state index contributed by atoms with van der Waals surface area (Å²) in [5, 5.41) is 11.5. The summed E-state index contributed by atoms with van der Waals surface area (Å²) in [4.78, 5) is 6.57. The standard InChI is InChI=1S/C28H30N2O5/c1-18-15-29-28(34-18)27-14-23-25(3-2-4-26(23)35-27)33-17-22(31)16-30-10-7-19(8-11-30)20-5-6-24-21(13-20)9-12-32-24/h2-6,13-15,19,22,31H,7-12,16-17H2,1H3. The third kappa shape index (κ3) is 4.66. The largest absolute Gasteiger partial charge is 0.493 e. The van der Waals surface area contributed by atoms with Crippen LogP contribution < -0.4 is 9.47 Å². The summed E-state index contributed by atoms with van der Waals surface area (Å²) in [5.41, 5.74) is 3.46. The summed E-state index contributed by atoms with van der Waals surface area (Å²) in [6.45, 7) is 5.43. The molecule has 2 aliphatic rings. The number of β-amino-alcohol motifs (C(OH)–C–C–N with tert-alkyl or cyclic N) is 1. The molecule has 2 aromatic carbocycles. The Balaban J connectivity index is 1.03. The Labute approximate surface area is 204 Å². The highest BCUT2D eigenvalue weighted by Gasteiger charge is 2.24. The first kappa shape index (κ1) is 22.2.